The van der Waals surface area contributed by atoms with E-state index in [4.69, 9.17) is 0 Å². The summed E-state index contributed by atoms with van der Waals surface area (Å²) in [5, 5.41) is 2.95. The average Bonchev–Trinajstić information content (AvgIpc) is 2.92. The quantitative estimate of drug-likeness (QED) is 0.349. The highest BCUT2D eigenvalue weighted by Gasteiger charge is 2.33. The second-order valence-electron chi connectivity index (χ2n) is 9.93. The molecule has 0 radical (unpaired) electrons. The Kier molecular flexibility index (Phi) is 10.3. The summed E-state index contributed by atoms with van der Waals surface area (Å²) in [6.45, 7) is 9.11. The first-order valence-corrected chi connectivity index (χ1v) is 14.8. The summed E-state index contributed by atoms with van der Waals surface area (Å²) in [5.41, 5.74) is 3.10. The normalized spacial score (nSPS) is 12.8. The van der Waals surface area contributed by atoms with E-state index in [-0.39, 0.29) is 23.4 Å². The monoisotopic (exact) mass is 549 g/mol. The molecule has 0 spiro atoms. The highest BCUT2D eigenvalue weighted by Crippen LogP contribution is 2.27. The zero-order chi connectivity index (χ0) is 28.6. The number of hydrogen-bond acceptors (Lipinski definition) is 4. The molecule has 0 fully saturated rings. The van der Waals surface area contributed by atoms with Crippen LogP contribution in [-0.2, 0) is 26.0 Å². The van der Waals surface area contributed by atoms with E-state index in [1.807, 2.05) is 70.2 Å². The number of para-hydroxylation sites is 1. The molecule has 1 N–H and O–H groups in total. The summed E-state index contributed by atoms with van der Waals surface area (Å²) >= 11 is 0. The smallest absolute Gasteiger partial charge is 0.264 e. The summed E-state index contributed by atoms with van der Waals surface area (Å²) in [5.74, 6) is -0.716. The number of aryl methyl sites for hydroxylation is 2. The fourth-order valence-corrected chi connectivity index (χ4v) is 5.71. The maximum absolute atomic E-state index is 13.9. The molecule has 0 unspecified atom stereocenters. The molecule has 0 bridgehead atoms. The Labute approximate surface area is 232 Å². The SMILES string of the molecule is CC[C@@H](C)NC(=O)[C@H](C)N(CCc1ccccc1)C(=O)CN(c1ccccc1C)S(=O)(=O)c1ccc(C)cc1. The third-order valence-electron chi connectivity index (χ3n) is 6.92. The Balaban J connectivity index is 1.98. The van der Waals surface area contributed by atoms with Crippen molar-refractivity contribution in [1.82, 2.24) is 10.2 Å². The maximum atomic E-state index is 13.9. The van der Waals surface area contributed by atoms with Crippen LogP contribution in [-0.4, -0.2) is 50.3 Å². The third-order valence-corrected chi connectivity index (χ3v) is 8.70. The predicted octanol–water partition coefficient (Wildman–Crippen LogP) is 4.87. The lowest BCUT2D eigenvalue weighted by atomic mass is 10.1. The second kappa shape index (κ2) is 13.4. The number of hydrogen-bond donors (Lipinski definition) is 1. The molecule has 0 aliphatic carbocycles. The number of carbonyl (C=O) groups excluding carboxylic acids is 2. The van der Waals surface area contributed by atoms with E-state index in [0.717, 1.165) is 27.4 Å². The molecule has 0 saturated heterocycles. The van der Waals surface area contributed by atoms with E-state index in [9.17, 15) is 18.0 Å². The van der Waals surface area contributed by atoms with Crippen LogP contribution in [0.15, 0.2) is 83.8 Å². The lowest BCUT2D eigenvalue weighted by molar-refractivity contribution is -0.139. The zero-order valence-electron chi connectivity index (χ0n) is 23.4. The summed E-state index contributed by atoms with van der Waals surface area (Å²) in [4.78, 5) is 28.6. The number of nitrogens with one attached hydrogen (secondary N) is 1. The standard InChI is InChI=1S/C31H39N3O4S/c1-6-25(4)32-31(36)26(5)33(21-20-27-13-8-7-9-14-27)30(35)22-34(29-15-11-10-12-24(29)3)39(37,38)28-18-16-23(2)17-19-28/h7-19,25-26H,6,20-22H2,1-5H3,(H,32,36)/t25-,26+/m1/s1. The number of nitrogens with zero attached hydrogens (tertiary/aromatic N) is 2. The third kappa shape index (κ3) is 7.69. The molecule has 0 saturated carbocycles. The van der Waals surface area contributed by atoms with Crippen molar-refractivity contribution in [3.05, 3.63) is 95.6 Å². The average molecular weight is 550 g/mol. The van der Waals surface area contributed by atoms with Gasteiger partial charge in [-0.2, -0.15) is 0 Å². The van der Waals surface area contributed by atoms with Crippen LogP contribution in [0.25, 0.3) is 0 Å². The van der Waals surface area contributed by atoms with E-state index >= 15 is 0 Å². The first-order valence-electron chi connectivity index (χ1n) is 13.3. The van der Waals surface area contributed by atoms with Gasteiger partial charge in [-0.1, -0.05) is 73.2 Å². The fraction of sp³-hybridized carbons (Fsp3) is 0.355. The van der Waals surface area contributed by atoms with E-state index in [2.05, 4.69) is 5.32 Å². The van der Waals surface area contributed by atoms with Gasteiger partial charge >= 0.3 is 0 Å². The molecular weight excluding hydrogens is 510 g/mol. The van der Waals surface area contributed by atoms with Crippen molar-refractivity contribution in [3.8, 4) is 0 Å². The summed E-state index contributed by atoms with van der Waals surface area (Å²) in [6, 6.07) is 22.5. The molecule has 7 nitrogen and oxygen atoms in total. The minimum Gasteiger partial charge on any atom is -0.352 e. The van der Waals surface area contributed by atoms with Crippen molar-refractivity contribution >= 4 is 27.5 Å². The van der Waals surface area contributed by atoms with E-state index in [0.29, 0.717) is 12.1 Å². The Hall–Kier alpha value is -3.65. The Morgan fingerprint density at radius 2 is 1.49 bits per heavy atom. The van der Waals surface area contributed by atoms with Crippen LogP contribution in [0.2, 0.25) is 0 Å². The molecule has 0 aromatic heterocycles. The molecule has 0 aliphatic heterocycles. The van der Waals surface area contributed by atoms with Crippen molar-refractivity contribution in [1.29, 1.82) is 0 Å². The number of carbonyl (C=O) groups is 2. The van der Waals surface area contributed by atoms with Crippen LogP contribution in [0.1, 0.15) is 43.9 Å². The van der Waals surface area contributed by atoms with Gasteiger partial charge in [0.1, 0.15) is 12.6 Å². The van der Waals surface area contributed by atoms with Crippen molar-refractivity contribution in [2.75, 3.05) is 17.4 Å². The van der Waals surface area contributed by atoms with Crippen LogP contribution in [0.5, 0.6) is 0 Å². The molecular formula is C31H39N3O4S. The van der Waals surface area contributed by atoms with Gasteiger partial charge in [-0.3, -0.25) is 13.9 Å². The van der Waals surface area contributed by atoms with Gasteiger partial charge in [0, 0.05) is 12.6 Å². The molecule has 39 heavy (non-hydrogen) atoms. The summed E-state index contributed by atoms with van der Waals surface area (Å²) in [6.07, 6.45) is 1.29. The Morgan fingerprint density at radius 1 is 0.872 bits per heavy atom. The molecule has 3 rings (SSSR count). The van der Waals surface area contributed by atoms with E-state index in [1.165, 1.54) is 4.90 Å². The lowest BCUT2D eigenvalue weighted by Crippen LogP contribution is -2.53. The lowest BCUT2D eigenvalue weighted by Gasteiger charge is -2.33. The Morgan fingerprint density at radius 3 is 2.10 bits per heavy atom. The largest absolute Gasteiger partial charge is 0.352 e. The van der Waals surface area contributed by atoms with Crippen LogP contribution in [0.3, 0.4) is 0 Å². The van der Waals surface area contributed by atoms with Crippen LogP contribution < -0.4 is 9.62 Å². The second-order valence-corrected chi connectivity index (χ2v) is 11.8. The molecule has 8 heteroatoms. The zero-order valence-corrected chi connectivity index (χ0v) is 24.2. The highest BCUT2D eigenvalue weighted by atomic mass is 32.2. The van der Waals surface area contributed by atoms with E-state index < -0.39 is 28.5 Å². The summed E-state index contributed by atoms with van der Waals surface area (Å²) in [7, 11) is -4.07. The minimum absolute atomic E-state index is 0.0450. The predicted molar refractivity (Wildman–Crippen MR) is 156 cm³/mol. The van der Waals surface area contributed by atoms with E-state index in [1.54, 1.807) is 43.3 Å². The van der Waals surface area contributed by atoms with Gasteiger partial charge in [-0.15, -0.1) is 0 Å². The Bertz CT molecular complexity index is 1360. The minimum atomic E-state index is -4.07. The first-order chi connectivity index (χ1) is 18.5. The molecule has 2 amide bonds. The van der Waals surface area contributed by atoms with Gasteiger partial charge in [0.25, 0.3) is 10.0 Å². The van der Waals surface area contributed by atoms with Crippen molar-refractivity contribution < 1.29 is 18.0 Å². The maximum Gasteiger partial charge on any atom is 0.264 e. The first kappa shape index (κ1) is 29.9. The van der Waals surface area contributed by atoms with Crippen molar-refractivity contribution in [2.24, 2.45) is 0 Å². The number of benzene rings is 3. The van der Waals surface area contributed by atoms with Gasteiger partial charge in [-0.05, 0) is 69.9 Å². The number of anilines is 1. The molecule has 2 atom stereocenters. The molecule has 3 aromatic rings. The van der Waals surface area contributed by atoms with Crippen molar-refractivity contribution in [3.63, 3.8) is 0 Å². The van der Waals surface area contributed by atoms with Crippen molar-refractivity contribution in [2.45, 2.75) is 64.4 Å². The molecule has 0 heterocycles. The van der Waals surface area contributed by atoms with Crippen LogP contribution in [0, 0.1) is 13.8 Å². The topological polar surface area (TPSA) is 86.8 Å². The summed E-state index contributed by atoms with van der Waals surface area (Å²) < 4.78 is 29.0. The highest BCUT2D eigenvalue weighted by molar-refractivity contribution is 7.92. The number of sulfonamides is 1. The van der Waals surface area contributed by atoms with Crippen LogP contribution in [0.4, 0.5) is 5.69 Å². The number of amides is 2. The van der Waals surface area contributed by atoms with Gasteiger partial charge < -0.3 is 10.2 Å². The van der Waals surface area contributed by atoms with Gasteiger partial charge in [0.05, 0.1) is 10.6 Å². The number of rotatable bonds is 12. The molecule has 208 valence electrons. The fourth-order valence-electron chi connectivity index (χ4n) is 4.23. The van der Waals surface area contributed by atoms with Gasteiger partial charge in [0.15, 0.2) is 0 Å². The van der Waals surface area contributed by atoms with Crippen LogP contribution >= 0.6 is 0 Å². The molecule has 0 aliphatic rings. The van der Waals surface area contributed by atoms with Gasteiger partial charge in [-0.25, -0.2) is 8.42 Å². The molecule has 3 aromatic carbocycles. The van der Waals surface area contributed by atoms with Gasteiger partial charge in [0.2, 0.25) is 11.8 Å².